The van der Waals surface area contributed by atoms with Crippen LogP contribution in [0, 0.1) is 5.92 Å². The van der Waals surface area contributed by atoms with Crippen LogP contribution in [0.15, 0.2) is 4.99 Å². The van der Waals surface area contributed by atoms with Crippen molar-refractivity contribution >= 4 is 5.96 Å². The molecule has 0 aliphatic carbocycles. The monoisotopic (exact) mass is 376 g/mol. The fraction of sp³-hybridized carbons (Fsp3) is 0.857. The molecule has 1 aromatic heterocycles. The van der Waals surface area contributed by atoms with Crippen LogP contribution in [0.2, 0.25) is 0 Å². The lowest BCUT2D eigenvalue weighted by molar-refractivity contribution is 0.521. The van der Waals surface area contributed by atoms with E-state index in [0.29, 0.717) is 0 Å². The van der Waals surface area contributed by atoms with Gasteiger partial charge in [-0.25, -0.2) is 0 Å². The van der Waals surface area contributed by atoms with E-state index in [-0.39, 0.29) is 0 Å². The SMILES string of the molecule is CCNC(=NCCCCCCC(C)C)NCCc1nnc2n1CCCCC2. The summed E-state index contributed by atoms with van der Waals surface area (Å²) in [7, 11) is 0. The molecule has 0 aromatic carbocycles. The number of nitrogens with zero attached hydrogens (tertiary/aromatic N) is 4. The van der Waals surface area contributed by atoms with Gasteiger partial charge in [0.2, 0.25) is 0 Å². The number of rotatable bonds is 11. The first-order valence-electron chi connectivity index (χ1n) is 11.1. The van der Waals surface area contributed by atoms with Crippen LogP contribution in [0.25, 0.3) is 0 Å². The van der Waals surface area contributed by atoms with E-state index in [4.69, 9.17) is 4.99 Å². The average molecular weight is 377 g/mol. The van der Waals surface area contributed by atoms with E-state index in [1.54, 1.807) is 0 Å². The summed E-state index contributed by atoms with van der Waals surface area (Å²) in [6, 6.07) is 0. The second-order valence-corrected chi connectivity index (χ2v) is 8.03. The van der Waals surface area contributed by atoms with Crippen molar-refractivity contribution in [3.63, 3.8) is 0 Å². The molecule has 2 rings (SSSR count). The highest BCUT2D eigenvalue weighted by Gasteiger charge is 2.14. The first kappa shape index (κ1) is 21.7. The van der Waals surface area contributed by atoms with Crippen LogP contribution in [0.1, 0.15) is 83.8 Å². The summed E-state index contributed by atoms with van der Waals surface area (Å²) in [5.41, 5.74) is 0. The predicted octanol–water partition coefficient (Wildman–Crippen LogP) is 3.71. The molecule has 27 heavy (non-hydrogen) atoms. The van der Waals surface area contributed by atoms with E-state index in [9.17, 15) is 0 Å². The van der Waals surface area contributed by atoms with Gasteiger partial charge in [0.1, 0.15) is 11.6 Å². The lowest BCUT2D eigenvalue weighted by Crippen LogP contribution is -2.38. The summed E-state index contributed by atoms with van der Waals surface area (Å²) < 4.78 is 2.33. The third kappa shape index (κ3) is 8.31. The van der Waals surface area contributed by atoms with Gasteiger partial charge >= 0.3 is 0 Å². The highest BCUT2D eigenvalue weighted by Crippen LogP contribution is 2.14. The van der Waals surface area contributed by atoms with Gasteiger partial charge in [0.25, 0.3) is 0 Å². The number of unbranched alkanes of at least 4 members (excludes halogenated alkanes) is 3. The Hall–Kier alpha value is -1.59. The van der Waals surface area contributed by atoms with Crippen molar-refractivity contribution in [2.45, 2.75) is 91.5 Å². The normalized spacial score (nSPS) is 14.9. The maximum atomic E-state index is 4.72. The van der Waals surface area contributed by atoms with E-state index in [1.807, 2.05) is 0 Å². The summed E-state index contributed by atoms with van der Waals surface area (Å²) in [6.07, 6.45) is 12.2. The van der Waals surface area contributed by atoms with Gasteiger partial charge in [-0.2, -0.15) is 0 Å². The molecule has 0 amide bonds. The molecule has 0 bridgehead atoms. The molecule has 2 heterocycles. The second kappa shape index (κ2) is 12.7. The minimum absolute atomic E-state index is 0.827. The molecule has 0 spiro atoms. The van der Waals surface area contributed by atoms with Gasteiger partial charge < -0.3 is 15.2 Å². The average Bonchev–Trinajstić information content (AvgIpc) is 2.87. The van der Waals surface area contributed by atoms with E-state index >= 15 is 0 Å². The Bertz CT molecular complexity index is 549. The van der Waals surface area contributed by atoms with E-state index in [0.717, 1.165) is 56.7 Å². The van der Waals surface area contributed by atoms with Gasteiger partial charge in [0.15, 0.2) is 5.96 Å². The van der Waals surface area contributed by atoms with Gasteiger partial charge in [0, 0.05) is 39.0 Å². The highest BCUT2D eigenvalue weighted by molar-refractivity contribution is 5.79. The van der Waals surface area contributed by atoms with E-state index in [2.05, 4.69) is 46.2 Å². The number of aliphatic imine (C=N–C) groups is 1. The van der Waals surface area contributed by atoms with Crippen molar-refractivity contribution in [1.82, 2.24) is 25.4 Å². The number of fused-ring (bicyclic) bond motifs is 1. The predicted molar refractivity (Wildman–Crippen MR) is 113 cm³/mol. The standard InChI is InChI=1S/C21H40N6/c1-4-22-21(23-15-10-6-5-8-12-18(2)3)24-16-14-20-26-25-19-13-9-7-11-17-27(19)20/h18H,4-17H2,1-3H3,(H2,22,23,24). The third-order valence-electron chi connectivity index (χ3n) is 5.13. The molecule has 6 nitrogen and oxygen atoms in total. The van der Waals surface area contributed by atoms with Gasteiger partial charge in [-0.3, -0.25) is 4.99 Å². The Morgan fingerprint density at radius 3 is 2.74 bits per heavy atom. The molecule has 1 aliphatic rings. The van der Waals surface area contributed by atoms with E-state index in [1.165, 1.54) is 57.2 Å². The van der Waals surface area contributed by atoms with Crippen molar-refractivity contribution in [2.75, 3.05) is 19.6 Å². The topological polar surface area (TPSA) is 67.1 Å². The Morgan fingerprint density at radius 1 is 1.07 bits per heavy atom. The van der Waals surface area contributed by atoms with E-state index < -0.39 is 0 Å². The fourth-order valence-corrected chi connectivity index (χ4v) is 3.57. The number of guanidine groups is 1. The molecule has 0 atom stereocenters. The molecule has 0 unspecified atom stereocenters. The van der Waals surface area contributed by atoms with Crippen molar-refractivity contribution in [2.24, 2.45) is 10.9 Å². The summed E-state index contributed by atoms with van der Waals surface area (Å²) in [5.74, 6) is 4.03. The van der Waals surface area contributed by atoms with Crippen LogP contribution < -0.4 is 10.6 Å². The third-order valence-corrected chi connectivity index (χ3v) is 5.13. The Balaban J connectivity index is 1.69. The Kier molecular flexibility index (Phi) is 10.2. The first-order chi connectivity index (χ1) is 13.2. The van der Waals surface area contributed by atoms with Crippen LogP contribution >= 0.6 is 0 Å². The van der Waals surface area contributed by atoms with Crippen LogP contribution in [0.4, 0.5) is 0 Å². The van der Waals surface area contributed by atoms with Crippen molar-refractivity contribution < 1.29 is 0 Å². The summed E-state index contributed by atoms with van der Waals surface area (Å²) in [5, 5.41) is 15.6. The fourth-order valence-electron chi connectivity index (χ4n) is 3.57. The van der Waals surface area contributed by atoms with Crippen molar-refractivity contribution in [3.05, 3.63) is 11.6 Å². The zero-order valence-electron chi connectivity index (χ0n) is 17.8. The zero-order chi connectivity index (χ0) is 19.3. The van der Waals surface area contributed by atoms with Crippen LogP contribution in [-0.2, 0) is 19.4 Å². The van der Waals surface area contributed by atoms with Crippen LogP contribution in [0.3, 0.4) is 0 Å². The minimum atomic E-state index is 0.827. The largest absolute Gasteiger partial charge is 0.357 e. The number of nitrogens with one attached hydrogen (secondary N) is 2. The van der Waals surface area contributed by atoms with Gasteiger partial charge in [-0.05, 0) is 32.1 Å². The van der Waals surface area contributed by atoms with Crippen molar-refractivity contribution in [1.29, 1.82) is 0 Å². The molecular formula is C21H40N6. The number of aryl methyl sites for hydroxylation is 1. The van der Waals surface area contributed by atoms with Gasteiger partial charge in [0.05, 0.1) is 0 Å². The molecule has 0 saturated heterocycles. The van der Waals surface area contributed by atoms with Crippen molar-refractivity contribution in [3.8, 4) is 0 Å². The molecule has 1 aliphatic heterocycles. The minimum Gasteiger partial charge on any atom is -0.357 e. The second-order valence-electron chi connectivity index (χ2n) is 8.03. The van der Waals surface area contributed by atoms with Gasteiger partial charge in [-0.1, -0.05) is 46.0 Å². The highest BCUT2D eigenvalue weighted by atomic mass is 15.3. The Labute approximate surface area is 165 Å². The van der Waals surface area contributed by atoms with Gasteiger partial charge in [-0.15, -0.1) is 10.2 Å². The number of hydrogen-bond acceptors (Lipinski definition) is 3. The maximum absolute atomic E-state index is 4.72. The summed E-state index contributed by atoms with van der Waals surface area (Å²) >= 11 is 0. The molecule has 0 radical (unpaired) electrons. The smallest absolute Gasteiger partial charge is 0.191 e. The molecule has 6 heteroatoms. The quantitative estimate of drug-likeness (QED) is 0.351. The Morgan fingerprint density at radius 2 is 1.93 bits per heavy atom. The molecule has 0 saturated carbocycles. The summed E-state index contributed by atoms with van der Waals surface area (Å²) in [6.45, 7) is 10.4. The number of hydrogen-bond donors (Lipinski definition) is 2. The lowest BCUT2D eigenvalue weighted by atomic mass is 10.0. The molecule has 2 N–H and O–H groups in total. The maximum Gasteiger partial charge on any atom is 0.191 e. The first-order valence-corrected chi connectivity index (χ1v) is 11.1. The lowest BCUT2D eigenvalue weighted by Gasteiger charge is -2.12. The van der Waals surface area contributed by atoms with Crippen LogP contribution in [0.5, 0.6) is 0 Å². The zero-order valence-corrected chi connectivity index (χ0v) is 17.8. The molecule has 154 valence electrons. The molecule has 1 aromatic rings. The molecular weight excluding hydrogens is 336 g/mol. The number of aromatic nitrogens is 3. The summed E-state index contributed by atoms with van der Waals surface area (Å²) in [4.78, 5) is 4.72. The van der Waals surface area contributed by atoms with Crippen LogP contribution in [-0.4, -0.2) is 40.4 Å². The molecule has 0 fully saturated rings.